The van der Waals surface area contributed by atoms with Gasteiger partial charge >= 0.3 is 11.8 Å². The molecule has 206 valence electrons. The molecule has 0 atom stereocenters. The fraction of sp³-hybridized carbons (Fsp3) is 0.370. The lowest BCUT2D eigenvalue weighted by Gasteiger charge is -2.34. The van der Waals surface area contributed by atoms with Crippen LogP contribution in [-0.2, 0) is 4.74 Å². The molecule has 0 radical (unpaired) electrons. The number of ether oxygens (including phenoxy) is 1. The van der Waals surface area contributed by atoms with E-state index in [2.05, 4.69) is 10.4 Å². The van der Waals surface area contributed by atoms with Gasteiger partial charge in [-0.3, -0.25) is 14.9 Å². The molecule has 1 aromatic heterocycles. The van der Waals surface area contributed by atoms with Gasteiger partial charge in [-0.1, -0.05) is 17.7 Å². The SMILES string of the molecule is Cc1c(Cl)cccc1-n1ncc(C(=O)Nc2ccc(F)c([N+](=O)[O-])c2)c1C1CCN(C(=O)OC(C)(C)C)CC1. The fourth-order valence-electron chi connectivity index (χ4n) is 4.53. The Hall–Kier alpha value is -3.99. The number of halogens is 2. The molecule has 3 aromatic rings. The molecule has 1 fully saturated rings. The van der Waals surface area contributed by atoms with Crippen molar-refractivity contribution in [1.29, 1.82) is 0 Å². The minimum atomic E-state index is -1.00. The molecule has 2 amide bonds. The molecule has 0 bridgehead atoms. The van der Waals surface area contributed by atoms with Crippen LogP contribution in [0.2, 0.25) is 5.02 Å². The highest BCUT2D eigenvalue weighted by molar-refractivity contribution is 6.31. The lowest BCUT2D eigenvalue weighted by molar-refractivity contribution is -0.387. The first kappa shape index (κ1) is 28.0. The number of anilines is 1. The van der Waals surface area contributed by atoms with Gasteiger partial charge in [0, 0.05) is 35.8 Å². The first-order valence-electron chi connectivity index (χ1n) is 12.4. The Morgan fingerprint density at radius 3 is 2.54 bits per heavy atom. The summed E-state index contributed by atoms with van der Waals surface area (Å²) >= 11 is 6.37. The predicted octanol–water partition coefficient (Wildman–Crippen LogP) is 6.25. The smallest absolute Gasteiger partial charge is 0.410 e. The molecule has 2 heterocycles. The average Bonchev–Trinajstić information content (AvgIpc) is 3.31. The molecule has 0 unspecified atom stereocenters. The van der Waals surface area contributed by atoms with Crippen molar-refractivity contribution in [3.05, 3.63) is 80.4 Å². The quantitative estimate of drug-likeness (QED) is 0.292. The highest BCUT2D eigenvalue weighted by Crippen LogP contribution is 2.35. The lowest BCUT2D eigenvalue weighted by atomic mass is 9.90. The summed E-state index contributed by atoms with van der Waals surface area (Å²) in [5, 5.41) is 18.8. The molecule has 0 aliphatic carbocycles. The molecular weight excluding hydrogens is 529 g/mol. The number of nitrogens with zero attached hydrogens (tertiary/aromatic N) is 4. The number of rotatable bonds is 5. The van der Waals surface area contributed by atoms with Crippen LogP contribution in [0.25, 0.3) is 5.69 Å². The van der Waals surface area contributed by atoms with Crippen LogP contribution in [0, 0.1) is 22.9 Å². The van der Waals surface area contributed by atoms with Crippen molar-refractivity contribution in [3.63, 3.8) is 0 Å². The van der Waals surface area contributed by atoms with Crippen LogP contribution in [0.1, 0.15) is 61.1 Å². The van der Waals surface area contributed by atoms with Crippen molar-refractivity contribution < 1.29 is 23.6 Å². The van der Waals surface area contributed by atoms with Crippen molar-refractivity contribution in [3.8, 4) is 5.69 Å². The van der Waals surface area contributed by atoms with Crippen LogP contribution in [0.3, 0.4) is 0 Å². The summed E-state index contributed by atoms with van der Waals surface area (Å²) in [4.78, 5) is 38.0. The minimum Gasteiger partial charge on any atom is -0.444 e. The lowest BCUT2D eigenvalue weighted by Crippen LogP contribution is -2.41. The van der Waals surface area contributed by atoms with E-state index in [0.29, 0.717) is 42.3 Å². The molecule has 1 saturated heterocycles. The molecule has 2 aromatic carbocycles. The summed E-state index contributed by atoms with van der Waals surface area (Å²) in [5.41, 5.74) is 1.07. The molecule has 1 aliphatic rings. The van der Waals surface area contributed by atoms with Gasteiger partial charge in [0.1, 0.15) is 5.60 Å². The summed E-state index contributed by atoms with van der Waals surface area (Å²) in [7, 11) is 0. The number of carbonyl (C=O) groups excluding carboxylic acids is 2. The highest BCUT2D eigenvalue weighted by Gasteiger charge is 2.32. The van der Waals surface area contributed by atoms with E-state index in [1.165, 1.54) is 12.3 Å². The molecule has 1 N–H and O–H groups in total. The Morgan fingerprint density at radius 2 is 1.90 bits per heavy atom. The van der Waals surface area contributed by atoms with Crippen LogP contribution in [0.15, 0.2) is 42.6 Å². The number of benzene rings is 2. The zero-order valence-corrected chi connectivity index (χ0v) is 22.8. The van der Waals surface area contributed by atoms with E-state index in [-0.39, 0.29) is 17.2 Å². The van der Waals surface area contributed by atoms with Crippen LogP contribution < -0.4 is 5.32 Å². The number of nitro groups is 1. The van der Waals surface area contributed by atoms with Gasteiger partial charge in [0.2, 0.25) is 5.82 Å². The maximum absolute atomic E-state index is 13.8. The van der Waals surface area contributed by atoms with Crippen LogP contribution >= 0.6 is 11.6 Å². The zero-order chi connectivity index (χ0) is 28.5. The van der Waals surface area contributed by atoms with Crippen molar-refractivity contribution in [2.75, 3.05) is 18.4 Å². The third-order valence-corrected chi connectivity index (χ3v) is 6.86. The Labute approximate surface area is 229 Å². The summed E-state index contributed by atoms with van der Waals surface area (Å²) in [6.07, 6.45) is 2.14. The molecular formula is C27H29ClFN5O5. The van der Waals surface area contributed by atoms with Gasteiger partial charge in [0.25, 0.3) is 5.91 Å². The third kappa shape index (κ3) is 6.19. The molecule has 10 nitrogen and oxygen atoms in total. The van der Waals surface area contributed by atoms with Gasteiger partial charge in [-0.15, -0.1) is 0 Å². The van der Waals surface area contributed by atoms with E-state index in [1.807, 2.05) is 33.8 Å². The number of aromatic nitrogens is 2. The Morgan fingerprint density at radius 1 is 1.21 bits per heavy atom. The first-order chi connectivity index (χ1) is 18.4. The van der Waals surface area contributed by atoms with Crippen LogP contribution in [0.4, 0.5) is 20.6 Å². The Bertz CT molecular complexity index is 1430. The molecule has 39 heavy (non-hydrogen) atoms. The van der Waals surface area contributed by atoms with Gasteiger partial charge in [-0.2, -0.15) is 9.49 Å². The van der Waals surface area contributed by atoms with Gasteiger partial charge in [-0.25, -0.2) is 9.48 Å². The molecule has 1 aliphatic heterocycles. The maximum Gasteiger partial charge on any atom is 0.410 e. The average molecular weight is 558 g/mol. The number of hydrogen-bond acceptors (Lipinski definition) is 6. The number of nitro benzene ring substituents is 1. The summed E-state index contributed by atoms with van der Waals surface area (Å²) < 4.78 is 21.0. The van der Waals surface area contributed by atoms with Gasteiger partial charge in [0.05, 0.1) is 28.1 Å². The van der Waals surface area contributed by atoms with Gasteiger partial charge < -0.3 is 15.0 Å². The van der Waals surface area contributed by atoms with E-state index in [9.17, 15) is 24.1 Å². The van der Waals surface area contributed by atoms with E-state index in [4.69, 9.17) is 16.3 Å². The predicted molar refractivity (Wildman–Crippen MR) is 144 cm³/mol. The Balaban J connectivity index is 1.67. The number of hydrogen-bond donors (Lipinski definition) is 1. The van der Waals surface area contributed by atoms with Crippen molar-refractivity contribution in [1.82, 2.24) is 14.7 Å². The number of piperidine rings is 1. The summed E-state index contributed by atoms with van der Waals surface area (Å²) in [5.74, 6) is -1.70. The van der Waals surface area contributed by atoms with Crippen LogP contribution in [-0.4, -0.2) is 50.3 Å². The van der Waals surface area contributed by atoms with Crippen molar-refractivity contribution in [2.45, 2.75) is 52.1 Å². The number of amides is 2. The summed E-state index contributed by atoms with van der Waals surface area (Å²) in [6.45, 7) is 8.12. The molecule has 4 rings (SSSR count). The zero-order valence-electron chi connectivity index (χ0n) is 22.0. The second-order valence-corrected chi connectivity index (χ2v) is 10.8. The number of carbonyl (C=O) groups is 2. The van der Waals surface area contributed by atoms with Gasteiger partial charge in [-0.05, 0) is 70.4 Å². The summed E-state index contributed by atoms with van der Waals surface area (Å²) in [6, 6.07) is 8.55. The van der Waals surface area contributed by atoms with Crippen LogP contribution in [0.5, 0.6) is 0 Å². The van der Waals surface area contributed by atoms with Gasteiger partial charge in [0.15, 0.2) is 0 Å². The second-order valence-electron chi connectivity index (χ2n) is 10.4. The topological polar surface area (TPSA) is 120 Å². The van der Waals surface area contributed by atoms with Crippen molar-refractivity contribution >= 4 is 35.0 Å². The number of nitrogens with one attached hydrogen (secondary N) is 1. The highest BCUT2D eigenvalue weighted by atomic mass is 35.5. The fourth-order valence-corrected chi connectivity index (χ4v) is 4.70. The minimum absolute atomic E-state index is 0.0745. The maximum atomic E-state index is 13.8. The Kier molecular flexibility index (Phi) is 7.91. The normalized spacial score (nSPS) is 14.3. The van der Waals surface area contributed by atoms with E-state index in [0.717, 1.165) is 17.7 Å². The van der Waals surface area contributed by atoms with E-state index in [1.54, 1.807) is 21.7 Å². The van der Waals surface area contributed by atoms with Crippen molar-refractivity contribution in [2.24, 2.45) is 0 Å². The standard InChI is InChI=1S/C27H29ClFN5O5/c1-16-20(28)6-5-7-22(16)33-24(17-10-12-32(13-11-17)26(36)39-27(2,3)4)19(15-30-33)25(35)31-18-8-9-21(29)23(14-18)34(37)38/h5-9,14-15,17H,10-13H2,1-4H3,(H,31,35). The number of likely N-dealkylation sites (tertiary alicyclic amines) is 1. The molecule has 0 saturated carbocycles. The third-order valence-electron chi connectivity index (χ3n) is 6.45. The van der Waals surface area contributed by atoms with E-state index >= 15 is 0 Å². The monoisotopic (exact) mass is 557 g/mol. The first-order valence-corrected chi connectivity index (χ1v) is 12.8. The second kappa shape index (κ2) is 11.0. The molecule has 0 spiro atoms. The van der Waals surface area contributed by atoms with E-state index < -0.39 is 34.0 Å². The molecule has 12 heteroatoms. The largest absolute Gasteiger partial charge is 0.444 e.